The van der Waals surface area contributed by atoms with Crippen LogP contribution in [0.2, 0.25) is 0 Å². The van der Waals surface area contributed by atoms with Crippen LogP contribution in [-0.2, 0) is 9.53 Å². The van der Waals surface area contributed by atoms with Crippen molar-refractivity contribution in [1.29, 1.82) is 0 Å². The fourth-order valence-electron chi connectivity index (χ4n) is 1.60. The number of carbonyl (C=O) groups excluding carboxylic acids is 1. The van der Waals surface area contributed by atoms with E-state index in [4.69, 9.17) is 4.74 Å². The molecule has 24 heavy (non-hydrogen) atoms. The number of carbonyl (C=O) groups is 1. The maximum Gasteiger partial charge on any atom is 0.434 e. The maximum absolute atomic E-state index is 12.3. The third-order valence-corrected chi connectivity index (χ3v) is 2.84. The van der Waals surface area contributed by atoms with Gasteiger partial charge in [-0.25, -0.2) is 4.79 Å². The Morgan fingerprint density at radius 3 is 1.92 bits per heavy atom. The van der Waals surface area contributed by atoms with Crippen molar-refractivity contribution >= 4 is 5.97 Å². The first kappa shape index (κ1) is 19.8. The number of alkyl halides is 6. The SMILES string of the molecule is C=C(C(=O)OC(C(F)(F)F)C(F)(F)F)[C@@H](O)c1ccc(OC)cc1. The van der Waals surface area contributed by atoms with Gasteiger partial charge in [-0.1, -0.05) is 18.7 Å². The zero-order valence-corrected chi connectivity index (χ0v) is 12.1. The highest BCUT2D eigenvalue weighted by atomic mass is 19.4. The lowest BCUT2D eigenvalue weighted by molar-refractivity contribution is -0.312. The number of hydrogen-bond donors (Lipinski definition) is 1. The van der Waals surface area contributed by atoms with Crippen molar-refractivity contribution in [2.45, 2.75) is 24.6 Å². The molecule has 0 saturated carbocycles. The van der Waals surface area contributed by atoms with E-state index in [-0.39, 0.29) is 5.56 Å². The molecule has 1 aromatic carbocycles. The van der Waals surface area contributed by atoms with Gasteiger partial charge in [0.15, 0.2) is 0 Å². The van der Waals surface area contributed by atoms with Gasteiger partial charge in [0.25, 0.3) is 6.10 Å². The van der Waals surface area contributed by atoms with Crippen LogP contribution in [0.15, 0.2) is 36.4 Å². The van der Waals surface area contributed by atoms with Crippen molar-refractivity contribution < 1.29 is 45.7 Å². The van der Waals surface area contributed by atoms with Gasteiger partial charge in [0, 0.05) is 0 Å². The first-order valence-electron chi connectivity index (χ1n) is 6.23. The number of halogens is 6. The van der Waals surface area contributed by atoms with Gasteiger partial charge in [-0.15, -0.1) is 0 Å². The fraction of sp³-hybridized carbons (Fsp3) is 0.357. The smallest absolute Gasteiger partial charge is 0.434 e. The summed E-state index contributed by atoms with van der Waals surface area (Å²) in [5.41, 5.74) is -0.966. The third kappa shape index (κ3) is 4.88. The van der Waals surface area contributed by atoms with Crippen LogP contribution in [0.3, 0.4) is 0 Å². The number of methoxy groups -OCH3 is 1. The van der Waals surface area contributed by atoms with Gasteiger partial charge < -0.3 is 14.6 Å². The molecular weight excluding hydrogens is 346 g/mol. The summed E-state index contributed by atoms with van der Waals surface area (Å²) in [5.74, 6) is -1.63. The molecule has 4 nitrogen and oxygen atoms in total. The van der Waals surface area contributed by atoms with Crippen LogP contribution in [0.1, 0.15) is 11.7 Å². The average Bonchev–Trinajstić information content (AvgIpc) is 2.48. The van der Waals surface area contributed by atoms with Crippen molar-refractivity contribution in [2.75, 3.05) is 7.11 Å². The van der Waals surface area contributed by atoms with Crippen LogP contribution >= 0.6 is 0 Å². The summed E-state index contributed by atoms with van der Waals surface area (Å²) >= 11 is 0. The molecule has 0 aromatic heterocycles. The molecule has 0 saturated heterocycles. The zero-order chi connectivity index (χ0) is 18.7. The van der Waals surface area contributed by atoms with Gasteiger partial charge in [-0.05, 0) is 17.7 Å². The van der Waals surface area contributed by atoms with Crippen LogP contribution in [0, 0.1) is 0 Å². The minimum atomic E-state index is -5.85. The summed E-state index contributed by atoms with van der Waals surface area (Å²) in [6, 6.07) is 5.25. The van der Waals surface area contributed by atoms with E-state index < -0.39 is 36.1 Å². The lowest BCUT2D eigenvalue weighted by Crippen LogP contribution is -2.45. The molecule has 1 aromatic rings. The standard InChI is InChI=1S/C14H12F6O4/c1-7(10(21)8-3-5-9(23-2)6-4-8)11(22)24-12(13(15,16)17)14(18,19)20/h3-6,10,12,21H,1H2,2H3/t10-/m1/s1. The summed E-state index contributed by atoms with van der Waals surface area (Å²) in [7, 11) is 1.36. The highest BCUT2D eigenvalue weighted by Crippen LogP contribution is 2.36. The number of ether oxygens (including phenoxy) is 2. The van der Waals surface area contributed by atoms with Gasteiger partial charge in [-0.2, -0.15) is 26.3 Å². The van der Waals surface area contributed by atoms with Crippen LogP contribution in [0.25, 0.3) is 0 Å². The second-order valence-electron chi connectivity index (χ2n) is 4.57. The second-order valence-corrected chi connectivity index (χ2v) is 4.57. The molecule has 0 unspecified atom stereocenters. The molecule has 0 radical (unpaired) electrons. The monoisotopic (exact) mass is 358 g/mol. The predicted molar refractivity (Wildman–Crippen MR) is 69.1 cm³/mol. The molecule has 1 rings (SSSR count). The van der Waals surface area contributed by atoms with Crippen molar-refractivity contribution in [3.8, 4) is 5.75 Å². The largest absolute Gasteiger partial charge is 0.497 e. The van der Waals surface area contributed by atoms with Crippen molar-refractivity contribution in [2.24, 2.45) is 0 Å². The quantitative estimate of drug-likeness (QED) is 0.498. The Morgan fingerprint density at radius 1 is 1.08 bits per heavy atom. The van der Waals surface area contributed by atoms with Gasteiger partial charge in [0.2, 0.25) is 0 Å². The fourth-order valence-corrected chi connectivity index (χ4v) is 1.60. The molecule has 134 valence electrons. The number of esters is 1. The van der Waals surface area contributed by atoms with Crippen LogP contribution in [0.4, 0.5) is 26.3 Å². The molecule has 0 spiro atoms. The molecule has 0 aliphatic heterocycles. The molecule has 0 bridgehead atoms. The Labute approximate surface area is 132 Å². The van der Waals surface area contributed by atoms with E-state index in [1.807, 2.05) is 0 Å². The van der Waals surface area contributed by atoms with E-state index in [0.29, 0.717) is 5.75 Å². The van der Waals surface area contributed by atoms with Gasteiger partial charge in [-0.3, -0.25) is 0 Å². The lowest BCUT2D eigenvalue weighted by Gasteiger charge is -2.24. The highest BCUT2D eigenvalue weighted by molar-refractivity contribution is 5.89. The summed E-state index contributed by atoms with van der Waals surface area (Å²) in [6.45, 7) is 3.00. The van der Waals surface area contributed by atoms with Crippen LogP contribution in [0.5, 0.6) is 5.75 Å². The number of aliphatic hydroxyl groups is 1. The summed E-state index contributed by atoms with van der Waals surface area (Å²) in [4.78, 5) is 11.5. The van der Waals surface area contributed by atoms with E-state index in [9.17, 15) is 36.2 Å². The minimum Gasteiger partial charge on any atom is -0.497 e. The lowest BCUT2D eigenvalue weighted by atomic mass is 10.0. The first-order chi connectivity index (χ1) is 10.9. The molecule has 1 atom stereocenters. The molecule has 0 aliphatic carbocycles. The van der Waals surface area contributed by atoms with Gasteiger partial charge in [0.05, 0.1) is 12.7 Å². The van der Waals surface area contributed by atoms with E-state index in [1.54, 1.807) is 0 Å². The normalized spacial score (nSPS) is 13.5. The Bertz CT molecular complexity index is 577. The molecule has 0 heterocycles. The summed E-state index contributed by atoms with van der Waals surface area (Å²) < 4.78 is 82.4. The molecular formula is C14H12F6O4. The van der Waals surface area contributed by atoms with E-state index in [0.717, 1.165) is 0 Å². The first-order valence-corrected chi connectivity index (χ1v) is 6.23. The van der Waals surface area contributed by atoms with E-state index in [1.165, 1.54) is 31.4 Å². The number of benzene rings is 1. The third-order valence-electron chi connectivity index (χ3n) is 2.84. The topological polar surface area (TPSA) is 55.8 Å². The van der Waals surface area contributed by atoms with Crippen LogP contribution in [-0.4, -0.2) is 36.6 Å². The Kier molecular flexibility index (Phi) is 5.88. The minimum absolute atomic E-state index is 0.00770. The zero-order valence-electron chi connectivity index (χ0n) is 12.1. The molecule has 10 heteroatoms. The summed E-state index contributed by atoms with van der Waals surface area (Å²) in [5, 5.41) is 9.84. The van der Waals surface area contributed by atoms with Crippen molar-refractivity contribution in [3.63, 3.8) is 0 Å². The van der Waals surface area contributed by atoms with Gasteiger partial charge in [0.1, 0.15) is 11.9 Å². The van der Waals surface area contributed by atoms with Crippen molar-refractivity contribution in [1.82, 2.24) is 0 Å². The average molecular weight is 358 g/mol. The number of rotatable bonds is 5. The molecule has 0 fully saturated rings. The predicted octanol–water partition coefficient (Wildman–Crippen LogP) is 3.32. The Hall–Kier alpha value is -2.23. The highest BCUT2D eigenvalue weighted by Gasteiger charge is 2.60. The van der Waals surface area contributed by atoms with E-state index >= 15 is 0 Å². The Balaban J connectivity index is 2.90. The van der Waals surface area contributed by atoms with Crippen molar-refractivity contribution in [3.05, 3.63) is 42.0 Å². The number of aliphatic hydroxyl groups excluding tert-OH is 1. The molecule has 0 amide bonds. The number of hydrogen-bond acceptors (Lipinski definition) is 4. The maximum atomic E-state index is 12.3. The molecule has 1 N–H and O–H groups in total. The van der Waals surface area contributed by atoms with Crippen LogP contribution < -0.4 is 4.74 Å². The summed E-state index contributed by atoms with van der Waals surface area (Å²) in [6.07, 6.45) is -17.8. The van der Waals surface area contributed by atoms with Gasteiger partial charge >= 0.3 is 18.3 Å². The van der Waals surface area contributed by atoms with E-state index in [2.05, 4.69) is 11.3 Å². The molecule has 0 aliphatic rings. The second kappa shape index (κ2) is 7.12. The Morgan fingerprint density at radius 2 is 1.54 bits per heavy atom.